The number of piperazine rings is 1. The summed E-state index contributed by atoms with van der Waals surface area (Å²) < 4.78 is 14.0. The predicted octanol–water partition coefficient (Wildman–Crippen LogP) is 6.19. The Kier molecular flexibility index (Phi) is 7.32. The Balaban J connectivity index is 1.40. The molecule has 188 valence electrons. The minimum atomic E-state index is -0.453. The van der Waals surface area contributed by atoms with E-state index in [9.17, 15) is 9.18 Å². The van der Waals surface area contributed by atoms with Gasteiger partial charge in [-0.2, -0.15) is 0 Å². The van der Waals surface area contributed by atoms with Gasteiger partial charge in [0.25, 0.3) is 0 Å². The fourth-order valence-electron chi connectivity index (χ4n) is 4.46. The molecule has 1 saturated heterocycles. The molecule has 1 fully saturated rings. The number of hydrogen-bond donors (Lipinski definition) is 1. The van der Waals surface area contributed by atoms with Crippen LogP contribution in [0.4, 0.5) is 20.7 Å². The van der Waals surface area contributed by atoms with Gasteiger partial charge in [-0.15, -0.1) is 0 Å². The number of aromatic nitrogens is 2. The molecule has 37 heavy (non-hydrogen) atoms. The van der Waals surface area contributed by atoms with Gasteiger partial charge >= 0.3 is 6.03 Å². The maximum atomic E-state index is 14.0. The van der Waals surface area contributed by atoms with Crippen molar-refractivity contribution in [3.8, 4) is 11.4 Å². The summed E-state index contributed by atoms with van der Waals surface area (Å²) in [5.41, 5.74) is 4.23. The maximum Gasteiger partial charge on any atom is 0.322 e. The average molecular weight is 516 g/mol. The number of urea groups is 1. The van der Waals surface area contributed by atoms with Gasteiger partial charge in [-0.3, -0.25) is 0 Å². The first-order chi connectivity index (χ1) is 18.0. The summed E-state index contributed by atoms with van der Waals surface area (Å²) in [6.45, 7) is 4.20. The summed E-state index contributed by atoms with van der Waals surface area (Å²) in [7, 11) is 0. The van der Waals surface area contributed by atoms with Gasteiger partial charge in [0.2, 0.25) is 0 Å². The lowest BCUT2D eigenvalue weighted by atomic mass is 10.0. The van der Waals surface area contributed by atoms with Crippen molar-refractivity contribution in [1.29, 1.82) is 0 Å². The molecule has 0 bridgehead atoms. The van der Waals surface area contributed by atoms with Crippen LogP contribution in [0, 0.1) is 12.7 Å². The molecule has 2 heterocycles. The van der Waals surface area contributed by atoms with Crippen LogP contribution in [0.2, 0.25) is 5.02 Å². The normalized spacial score (nSPS) is 13.5. The molecule has 0 saturated carbocycles. The van der Waals surface area contributed by atoms with Crippen molar-refractivity contribution in [1.82, 2.24) is 14.9 Å². The first kappa shape index (κ1) is 24.7. The summed E-state index contributed by atoms with van der Waals surface area (Å²) in [5, 5.41) is 3.34. The number of carbonyl (C=O) groups is 1. The van der Waals surface area contributed by atoms with Gasteiger partial charge in [-0.25, -0.2) is 19.2 Å². The third kappa shape index (κ3) is 5.73. The van der Waals surface area contributed by atoms with Crippen LogP contribution in [0.15, 0.2) is 78.9 Å². The van der Waals surface area contributed by atoms with Crippen LogP contribution in [0.25, 0.3) is 11.4 Å². The Hall–Kier alpha value is -3.97. The van der Waals surface area contributed by atoms with Crippen molar-refractivity contribution < 1.29 is 9.18 Å². The second kappa shape index (κ2) is 11.0. The smallest absolute Gasteiger partial charge is 0.322 e. The molecule has 1 N–H and O–H groups in total. The number of rotatable bonds is 5. The van der Waals surface area contributed by atoms with E-state index in [1.807, 2.05) is 49.4 Å². The maximum absolute atomic E-state index is 14.0. The first-order valence-corrected chi connectivity index (χ1v) is 12.6. The molecular weight excluding hydrogens is 489 g/mol. The van der Waals surface area contributed by atoms with Crippen LogP contribution in [-0.4, -0.2) is 47.1 Å². The second-order valence-electron chi connectivity index (χ2n) is 8.99. The van der Waals surface area contributed by atoms with Crippen LogP contribution in [-0.2, 0) is 6.42 Å². The monoisotopic (exact) mass is 515 g/mol. The molecule has 6 nitrogen and oxygen atoms in total. The van der Waals surface area contributed by atoms with Crippen LogP contribution in [0.5, 0.6) is 0 Å². The summed E-state index contributed by atoms with van der Waals surface area (Å²) in [6, 6.07) is 23.6. The summed E-state index contributed by atoms with van der Waals surface area (Å²) in [6.07, 6.45) is 0.705. The molecule has 5 rings (SSSR count). The first-order valence-electron chi connectivity index (χ1n) is 12.2. The highest BCUT2D eigenvalue weighted by Crippen LogP contribution is 2.29. The number of nitrogens with zero attached hydrogens (tertiary/aromatic N) is 4. The molecule has 0 atom stereocenters. The number of amides is 2. The highest BCUT2D eigenvalue weighted by atomic mass is 35.5. The Morgan fingerprint density at radius 3 is 2.30 bits per heavy atom. The summed E-state index contributed by atoms with van der Waals surface area (Å²) in [5.74, 6) is 1.06. The lowest BCUT2D eigenvalue weighted by molar-refractivity contribution is 0.208. The van der Waals surface area contributed by atoms with Crippen LogP contribution in [0.1, 0.15) is 16.8 Å². The third-order valence-electron chi connectivity index (χ3n) is 6.50. The predicted molar refractivity (Wildman–Crippen MR) is 146 cm³/mol. The van der Waals surface area contributed by atoms with E-state index in [0.29, 0.717) is 43.4 Å². The number of aryl methyl sites for hydroxylation is 1. The van der Waals surface area contributed by atoms with E-state index < -0.39 is 5.82 Å². The highest BCUT2D eigenvalue weighted by molar-refractivity contribution is 6.30. The molecule has 0 spiro atoms. The van der Waals surface area contributed by atoms with Crippen molar-refractivity contribution >= 4 is 29.1 Å². The van der Waals surface area contributed by atoms with Crippen molar-refractivity contribution in [2.45, 2.75) is 13.3 Å². The van der Waals surface area contributed by atoms with Crippen molar-refractivity contribution in [3.05, 3.63) is 107 Å². The number of benzene rings is 3. The molecule has 3 aromatic carbocycles. The van der Waals surface area contributed by atoms with Crippen LogP contribution < -0.4 is 10.2 Å². The van der Waals surface area contributed by atoms with Crippen molar-refractivity contribution in [3.63, 3.8) is 0 Å². The Morgan fingerprint density at radius 1 is 0.919 bits per heavy atom. The van der Waals surface area contributed by atoms with Gasteiger partial charge in [0, 0.05) is 54.4 Å². The van der Waals surface area contributed by atoms with Crippen molar-refractivity contribution in [2.75, 3.05) is 36.4 Å². The van der Waals surface area contributed by atoms with E-state index in [2.05, 4.69) is 22.3 Å². The Morgan fingerprint density at radius 2 is 1.59 bits per heavy atom. The zero-order valence-corrected chi connectivity index (χ0v) is 21.3. The zero-order chi connectivity index (χ0) is 25.8. The van der Waals surface area contributed by atoms with Gasteiger partial charge in [0.05, 0.1) is 5.69 Å². The average Bonchev–Trinajstić information content (AvgIpc) is 2.92. The molecule has 8 heteroatoms. The molecule has 0 unspecified atom stereocenters. The highest BCUT2D eigenvalue weighted by Gasteiger charge is 2.26. The molecule has 1 aromatic heterocycles. The third-order valence-corrected chi connectivity index (χ3v) is 6.75. The van der Waals surface area contributed by atoms with Crippen LogP contribution >= 0.6 is 11.6 Å². The fraction of sp³-hybridized carbons (Fsp3) is 0.207. The molecule has 0 radical (unpaired) electrons. The standard InChI is InChI=1S/C29H27ClFN5O/c1-20-24(19-21-7-3-2-4-8-21)28(34-27(32-20)22-11-13-23(30)14-12-22)35-15-17-36(18-16-35)29(37)33-26-10-6-5-9-25(26)31/h2-14H,15-19H2,1H3,(H,33,37). The van der Waals surface area contributed by atoms with Gasteiger partial charge < -0.3 is 15.1 Å². The number of nitrogens with one attached hydrogen (secondary N) is 1. The molecule has 1 aliphatic rings. The number of carbonyl (C=O) groups excluding carboxylic acids is 1. The number of hydrogen-bond acceptors (Lipinski definition) is 4. The van der Waals surface area contributed by atoms with E-state index in [-0.39, 0.29) is 11.7 Å². The summed E-state index contributed by atoms with van der Waals surface area (Å²) >= 11 is 6.09. The molecule has 0 aliphatic carbocycles. The van der Waals surface area contributed by atoms with Gasteiger partial charge in [-0.1, -0.05) is 54.1 Å². The SMILES string of the molecule is Cc1nc(-c2ccc(Cl)cc2)nc(N2CCN(C(=O)Nc3ccccc3F)CC2)c1Cc1ccccc1. The number of anilines is 2. The molecule has 1 aliphatic heterocycles. The topological polar surface area (TPSA) is 61.4 Å². The van der Waals surface area contributed by atoms with Crippen molar-refractivity contribution in [2.24, 2.45) is 0 Å². The van der Waals surface area contributed by atoms with Crippen LogP contribution in [0.3, 0.4) is 0 Å². The lowest BCUT2D eigenvalue weighted by Gasteiger charge is -2.36. The minimum Gasteiger partial charge on any atom is -0.353 e. The Bertz CT molecular complexity index is 1390. The minimum absolute atomic E-state index is 0.180. The summed E-state index contributed by atoms with van der Waals surface area (Å²) in [4.78, 5) is 26.5. The van der Waals surface area contributed by atoms with E-state index in [0.717, 1.165) is 22.6 Å². The van der Waals surface area contributed by atoms with E-state index in [4.69, 9.17) is 21.6 Å². The quantitative estimate of drug-likeness (QED) is 0.344. The van der Waals surface area contributed by atoms with E-state index in [1.165, 1.54) is 11.6 Å². The van der Waals surface area contributed by atoms with E-state index >= 15 is 0 Å². The fourth-order valence-corrected chi connectivity index (χ4v) is 4.58. The Labute approximate surface area is 220 Å². The van der Waals surface area contributed by atoms with Gasteiger partial charge in [0.15, 0.2) is 5.82 Å². The van der Waals surface area contributed by atoms with Gasteiger partial charge in [0.1, 0.15) is 11.6 Å². The number of halogens is 2. The number of para-hydroxylation sites is 1. The van der Waals surface area contributed by atoms with Gasteiger partial charge in [-0.05, 0) is 48.9 Å². The lowest BCUT2D eigenvalue weighted by Crippen LogP contribution is -2.50. The second-order valence-corrected chi connectivity index (χ2v) is 9.42. The zero-order valence-electron chi connectivity index (χ0n) is 20.5. The van der Waals surface area contributed by atoms with E-state index in [1.54, 1.807) is 23.1 Å². The molecular formula is C29H27ClFN5O. The molecule has 4 aromatic rings. The largest absolute Gasteiger partial charge is 0.353 e. The molecule has 2 amide bonds.